The van der Waals surface area contributed by atoms with Crippen LogP contribution < -0.4 is 4.90 Å². The first-order valence-electron chi connectivity index (χ1n) is 6.20. The van der Waals surface area contributed by atoms with Gasteiger partial charge in [-0.15, -0.1) is 0 Å². The molecule has 0 radical (unpaired) electrons. The van der Waals surface area contributed by atoms with Crippen molar-refractivity contribution >= 4 is 11.6 Å². The molecule has 1 fully saturated rings. The molecule has 1 amide bonds. The van der Waals surface area contributed by atoms with E-state index in [1.807, 2.05) is 35.0 Å². The van der Waals surface area contributed by atoms with Gasteiger partial charge in [0.1, 0.15) is 6.07 Å². The van der Waals surface area contributed by atoms with Crippen LogP contribution >= 0.6 is 0 Å². The Morgan fingerprint density at radius 1 is 1.39 bits per heavy atom. The minimum absolute atomic E-state index is 0.141. The van der Waals surface area contributed by atoms with Gasteiger partial charge >= 0.3 is 0 Å². The summed E-state index contributed by atoms with van der Waals surface area (Å²) in [4.78, 5) is 15.8. The van der Waals surface area contributed by atoms with Gasteiger partial charge in [0, 0.05) is 20.1 Å². The third-order valence-corrected chi connectivity index (χ3v) is 3.27. The number of carbonyl (C=O) groups excluding carboxylic acids is 1. The lowest BCUT2D eigenvalue weighted by atomic mass is 10.2. The normalized spacial score (nSPS) is 14.3. The molecule has 1 heterocycles. The molecular formula is C14H17N3O. The van der Waals surface area contributed by atoms with Crippen LogP contribution in [-0.4, -0.2) is 37.5 Å². The molecule has 2 rings (SSSR count). The molecule has 1 aliphatic rings. The highest BCUT2D eigenvalue weighted by Crippen LogP contribution is 2.18. The molecule has 18 heavy (non-hydrogen) atoms. The van der Waals surface area contributed by atoms with Crippen molar-refractivity contribution in [3.8, 4) is 6.07 Å². The first-order chi connectivity index (χ1) is 8.72. The predicted molar refractivity (Wildman–Crippen MR) is 70.2 cm³/mol. The van der Waals surface area contributed by atoms with Crippen molar-refractivity contribution in [2.24, 2.45) is 0 Å². The van der Waals surface area contributed by atoms with E-state index in [2.05, 4.69) is 6.07 Å². The molecule has 4 heteroatoms. The molecule has 1 aromatic rings. The second-order valence-electron chi connectivity index (χ2n) is 4.57. The SMILES string of the molecule is CN(CC(=O)N1CCCC1)c1ccccc1C#N. The van der Waals surface area contributed by atoms with Crippen molar-refractivity contribution in [1.29, 1.82) is 5.26 Å². The van der Waals surface area contributed by atoms with Gasteiger partial charge in [0.15, 0.2) is 0 Å². The van der Waals surface area contributed by atoms with E-state index < -0.39 is 0 Å². The van der Waals surface area contributed by atoms with Crippen molar-refractivity contribution in [2.45, 2.75) is 12.8 Å². The van der Waals surface area contributed by atoms with Crippen LogP contribution in [0.5, 0.6) is 0 Å². The van der Waals surface area contributed by atoms with Crippen molar-refractivity contribution in [1.82, 2.24) is 4.90 Å². The number of carbonyl (C=O) groups is 1. The molecule has 4 nitrogen and oxygen atoms in total. The van der Waals surface area contributed by atoms with Crippen LogP contribution in [0.3, 0.4) is 0 Å². The Bertz CT molecular complexity index is 472. The molecule has 1 saturated heterocycles. The van der Waals surface area contributed by atoms with E-state index in [-0.39, 0.29) is 5.91 Å². The minimum atomic E-state index is 0.141. The first kappa shape index (κ1) is 12.4. The number of rotatable bonds is 3. The van der Waals surface area contributed by atoms with E-state index >= 15 is 0 Å². The summed E-state index contributed by atoms with van der Waals surface area (Å²) in [5.74, 6) is 0.141. The summed E-state index contributed by atoms with van der Waals surface area (Å²) < 4.78 is 0. The van der Waals surface area contributed by atoms with Gasteiger partial charge < -0.3 is 9.80 Å². The molecule has 0 N–H and O–H groups in total. The number of nitrogens with zero attached hydrogens (tertiary/aromatic N) is 3. The molecule has 1 aromatic carbocycles. The summed E-state index contributed by atoms with van der Waals surface area (Å²) in [6.07, 6.45) is 2.20. The van der Waals surface area contributed by atoms with Crippen molar-refractivity contribution in [3.05, 3.63) is 29.8 Å². The number of amides is 1. The zero-order valence-electron chi connectivity index (χ0n) is 10.6. The number of anilines is 1. The fourth-order valence-electron chi connectivity index (χ4n) is 2.26. The van der Waals surface area contributed by atoms with Crippen LogP contribution in [0.25, 0.3) is 0 Å². The molecule has 0 bridgehead atoms. The third-order valence-electron chi connectivity index (χ3n) is 3.27. The number of hydrogen-bond donors (Lipinski definition) is 0. The van der Waals surface area contributed by atoms with Gasteiger partial charge in [0.25, 0.3) is 0 Å². The summed E-state index contributed by atoms with van der Waals surface area (Å²) in [6, 6.07) is 9.51. The number of hydrogen-bond acceptors (Lipinski definition) is 3. The van der Waals surface area contributed by atoms with Crippen LogP contribution in [-0.2, 0) is 4.79 Å². The Balaban J connectivity index is 2.05. The third kappa shape index (κ3) is 2.62. The lowest BCUT2D eigenvalue weighted by molar-refractivity contribution is -0.128. The molecule has 0 saturated carbocycles. The average Bonchev–Trinajstić information content (AvgIpc) is 2.92. The van der Waals surface area contributed by atoms with Gasteiger partial charge in [-0.1, -0.05) is 12.1 Å². The molecule has 1 aliphatic heterocycles. The van der Waals surface area contributed by atoms with E-state index in [0.717, 1.165) is 31.6 Å². The van der Waals surface area contributed by atoms with Gasteiger partial charge in [-0.05, 0) is 25.0 Å². The van der Waals surface area contributed by atoms with Gasteiger partial charge in [-0.3, -0.25) is 4.79 Å². The van der Waals surface area contributed by atoms with Crippen LogP contribution in [0, 0.1) is 11.3 Å². The summed E-state index contributed by atoms with van der Waals surface area (Å²) in [5, 5.41) is 9.04. The topological polar surface area (TPSA) is 47.3 Å². The largest absolute Gasteiger partial charge is 0.364 e. The molecule has 94 valence electrons. The maximum Gasteiger partial charge on any atom is 0.242 e. The van der Waals surface area contributed by atoms with E-state index in [1.165, 1.54) is 0 Å². The fourth-order valence-corrected chi connectivity index (χ4v) is 2.26. The van der Waals surface area contributed by atoms with E-state index in [9.17, 15) is 4.79 Å². The Morgan fingerprint density at radius 2 is 2.06 bits per heavy atom. The number of para-hydroxylation sites is 1. The number of benzene rings is 1. The Hall–Kier alpha value is -2.02. The second-order valence-corrected chi connectivity index (χ2v) is 4.57. The highest BCUT2D eigenvalue weighted by Gasteiger charge is 2.19. The fraction of sp³-hybridized carbons (Fsp3) is 0.429. The lowest BCUT2D eigenvalue weighted by Gasteiger charge is -2.23. The maximum absolute atomic E-state index is 12.0. The molecular weight excluding hydrogens is 226 g/mol. The average molecular weight is 243 g/mol. The Kier molecular flexibility index (Phi) is 3.83. The zero-order valence-corrected chi connectivity index (χ0v) is 10.6. The summed E-state index contributed by atoms with van der Waals surface area (Å²) >= 11 is 0. The van der Waals surface area contributed by atoms with Gasteiger partial charge in [-0.25, -0.2) is 0 Å². The maximum atomic E-state index is 12.0. The van der Waals surface area contributed by atoms with E-state index in [1.54, 1.807) is 6.07 Å². The quantitative estimate of drug-likeness (QED) is 0.810. The minimum Gasteiger partial charge on any atom is -0.364 e. The number of likely N-dealkylation sites (N-methyl/N-ethyl adjacent to an activating group) is 1. The Morgan fingerprint density at radius 3 is 2.72 bits per heavy atom. The predicted octanol–water partition coefficient (Wildman–Crippen LogP) is 1.62. The van der Waals surface area contributed by atoms with Gasteiger partial charge in [0.2, 0.25) is 5.91 Å². The van der Waals surface area contributed by atoms with Crippen LogP contribution in [0.2, 0.25) is 0 Å². The highest BCUT2D eigenvalue weighted by molar-refractivity contribution is 5.82. The summed E-state index contributed by atoms with van der Waals surface area (Å²) in [5.41, 5.74) is 1.42. The van der Waals surface area contributed by atoms with Crippen molar-refractivity contribution in [3.63, 3.8) is 0 Å². The molecule has 0 aliphatic carbocycles. The van der Waals surface area contributed by atoms with E-state index in [0.29, 0.717) is 12.1 Å². The van der Waals surface area contributed by atoms with Crippen molar-refractivity contribution < 1.29 is 4.79 Å². The molecule has 0 aromatic heterocycles. The molecule has 0 unspecified atom stereocenters. The lowest BCUT2D eigenvalue weighted by Crippen LogP contribution is -2.37. The second kappa shape index (κ2) is 5.54. The van der Waals surface area contributed by atoms with Crippen LogP contribution in [0.1, 0.15) is 18.4 Å². The summed E-state index contributed by atoms with van der Waals surface area (Å²) in [6.45, 7) is 2.07. The molecule has 0 spiro atoms. The van der Waals surface area contributed by atoms with E-state index in [4.69, 9.17) is 5.26 Å². The number of nitriles is 1. The number of likely N-dealkylation sites (tertiary alicyclic amines) is 1. The standard InChI is InChI=1S/C14H17N3O/c1-16(11-14(18)17-8-4-5-9-17)13-7-3-2-6-12(13)10-15/h2-3,6-7H,4-5,8-9,11H2,1H3. The zero-order chi connectivity index (χ0) is 13.0. The monoisotopic (exact) mass is 243 g/mol. The molecule has 0 atom stereocenters. The Labute approximate surface area is 107 Å². The first-order valence-corrected chi connectivity index (χ1v) is 6.20. The highest BCUT2D eigenvalue weighted by atomic mass is 16.2. The summed E-state index contributed by atoms with van der Waals surface area (Å²) in [7, 11) is 1.85. The van der Waals surface area contributed by atoms with Gasteiger partial charge in [0.05, 0.1) is 17.8 Å². The smallest absolute Gasteiger partial charge is 0.242 e. The van der Waals surface area contributed by atoms with Crippen molar-refractivity contribution in [2.75, 3.05) is 31.6 Å². The van der Waals surface area contributed by atoms with Crippen LogP contribution in [0.4, 0.5) is 5.69 Å². The van der Waals surface area contributed by atoms with Gasteiger partial charge in [-0.2, -0.15) is 5.26 Å². The van der Waals surface area contributed by atoms with Crippen LogP contribution in [0.15, 0.2) is 24.3 Å².